The normalized spacial score (nSPS) is 9.94. The Kier molecular flexibility index (Phi) is 5.26. The molecule has 0 aromatic heterocycles. The van der Waals surface area contributed by atoms with E-state index < -0.39 is 5.91 Å². The molecule has 0 aliphatic carbocycles. The third-order valence-corrected chi connectivity index (χ3v) is 2.40. The van der Waals surface area contributed by atoms with Gasteiger partial charge in [0.25, 0.3) is 0 Å². The summed E-state index contributed by atoms with van der Waals surface area (Å²) in [4.78, 5) is 10.7. The van der Waals surface area contributed by atoms with Crippen LogP contribution in [0.3, 0.4) is 0 Å². The number of nitrogens with one attached hydrogen (secondary N) is 1. The van der Waals surface area contributed by atoms with E-state index in [1.54, 1.807) is 27.4 Å². The van der Waals surface area contributed by atoms with Crippen LogP contribution in [0, 0.1) is 0 Å². The molecule has 1 amide bonds. The molecule has 6 heteroatoms. The molecule has 100 valence electrons. The molecule has 0 heterocycles. The Morgan fingerprint density at radius 3 is 2.33 bits per heavy atom. The lowest BCUT2D eigenvalue weighted by Gasteiger charge is -2.15. The number of carbonyl (C=O) groups is 1. The zero-order valence-corrected chi connectivity index (χ0v) is 10.8. The topological polar surface area (TPSA) is 82.8 Å². The molecule has 0 saturated carbocycles. The first-order valence-corrected chi connectivity index (χ1v) is 5.40. The maximum atomic E-state index is 10.7. The Hall–Kier alpha value is -1.95. The Balaban J connectivity index is 2.94. The summed E-state index contributed by atoms with van der Waals surface area (Å²) in [7, 11) is 4.65. The average molecular weight is 254 g/mol. The van der Waals surface area contributed by atoms with Crippen molar-refractivity contribution in [3.05, 3.63) is 17.7 Å². The molecule has 0 atom stereocenters. The van der Waals surface area contributed by atoms with Gasteiger partial charge < -0.3 is 25.3 Å². The van der Waals surface area contributed by atoms with E-state index in [0.29, 0.717) is 23.8 Å². The molecular formula is C12H18N2O4. The SMILES string of the molecule is COc1ccc(CNCC(N)=O)c(OC)c1OC. The van der Waals surface area contributed by atoms with Crippen molar-refractivity contribution in [3.63, 3.8) is 0 Å². The molecule has 0 spiro atoms. The number of rotatable bonds is 7. The van der Waals surface area contributed by atoms with E-state index in [0.717, 1.165) is 5.56 Å². The number of benzene rings is 1. The van der Waals surface area contributed by atoms with Crippen molar-refractivity contribution in [2.75, 3.05) is 27.9 Å². The van der Waals surface area contributed by atoms with Gasteiger partial charge in [-0.25, -0.2) is 0 Å². The van der Waals surface area contributed by atoms with Gasteiger partial charge in [-0.3, -0.25) is 4.79 Å². The van der Waals surface area contributed by atoms with Gasteiger partial charge in [0.2, 0.25) is 11.7 Å². The van der Waals surface area contributed by atoms with Crippen LogP contribution in [0.1, 0.15) is 5.56 Å². The van der Waals surface area contributed by atoms with E-state index in [-0.39, 0.29) is 6.54 Å². The fourth-order valence-electron chi connectivity index (χ4n) is 1.62. The Labute approximate surface area is 106 Å². The van der Waals surface area contributed by atoms with Crippen molar-refractivity contribution in [2.45, 2.75) is 6.54 Å². The molecule has 0 aliphatic rings. The summed E-state index contributed by atoms with van der Waals surface area (Å²) in [6, 6.07) is 3.62. The van der Waals surface area contributed by atoms with E-state index in [1.807, 2.05) is 6.07 Å². The van der Waals surface area contributed by atoms with Gasteiger partial charge in [-0.05, 0) is 6.07 Å². The highest BCUT2D eigenvalue weighted by Gasteiger charge is 2.15. The largest absolute Gasteiger partial charge is 0.493 e. The predicted molar refractivity (Wildman–Crippen MR) is 67.0 cm³/mol. The van der Waals surface area contributed by atoms with E-state index in [2.05, 4.69) is 5.32 Å². The van der Waals surface area contributed by atoms with Crippen molar-refractivity contribution in [1.29, 1.82) is 0 Å². The number of hydrogen-bond acceptors (Lipinski definition) is 5. The molecule has 6 nitrogen and oxygen atoms in total. The second-order valence-corrected chi connectivity index (χ2v) is 3.56. The van der Waals surface area contributed by atoms with E-state index in [4.69, 9.17) is 19.9 Å². The molecule has 1 rings (SSSR count). The molecule has 1 aromatic carbocycles. The number of methoxy groups -OCH3 is 3. The minimum Gasteiger partial charge on any atom is -0.493 e. The quantitative estimate of drug-likeness (QED) is 0.730. The van der Waals surface area contributed by atoms with Crippen molar-refractivity contribution in [3.8, 4) is 17.2 Å². The first kappa shape index (κ1) is 14.1. The molecule has 1 aromatic rings. The first-order chi connectivity index (χ1) is 8.63. The van der Waals surface area contributed by atoms with Gasteiger partial charge in [-0.15, -0.1) is 0 Å². The van der Waals surface area contributed by atoms with Gasteiger partial charge >= 0.3 is 0 Å². The highest BCUT2D eigenvalue weighted by Crippen LogP contribution is 2.39. The van der Waals surface area contributed by atoms with E-state index >= 15 is 0 Å². The van der Waals surface area contributed by atoms with Crippen LogP contribution in [-0.2, 0) is 11.3 Å². The number of carbonyl (C=O) groups excluding carboxylic acids is 1. The van der Waals surface area contributed by atoms with Gasteiger partial charge in [-0.2, -0.15) is 0 Å². The zero-order chi connectivity index (χ0) is 13.5. The van der Waals surface area contributed by atoms with Crippen LogP contribution < -0.4 is 25.3 Å². The van der Waals surface area contributed by atoms with Gasteiger partial charge in [-0.1, -0.05) is 6.07 Å². The number of ether oxygens (including phenoxy) is 3. The summed E-state index contributed by atoms with van der Waals surface area (Å²) in [5.41, 5.74) is 5.91. The summed E-state index contributed by atoms with van der Waals surface area (Å²) >= 11 is 0. The van der Waals surface area contributed by atoms with Gasteiger partial charge in [0, 0.05) is 12.1 Å². The van der Waals surface area contributed by atoms with Crippen LogP contribution in [-0.4, -0.2) is 33.8 Å². The molecule has 0 radical (unpaired) electrons. The summed E-state index contributed by atoms with van der Waals surface area (Å²) in [5.74, 6) is 1.29. The van der Waals surface area contributed by atoms with Gasteiger partial charge in [0.15, 0.2) is 11.5 Å². The maximum Gasteiger partial charge on any atom is 0.231 e. The number of hydrogen-bond donors (Lipinski definition) is 2. The Morgan fingerprint density at radius 1 is 1.17 bits per heavy atom. The highest BCUT2D eigenvalue weighted by molar-refractivity contribution is 5.75. The Morgan fingerprint density at radius 2 is 1.83 bits per heavy atom. The van der Waals surface area contributed by atoms with Crippen molar-refractivity contribution in [2.24, 2.45) is 5.73 Å². The van der Waals surface area contributed by atoms with Crippen molar-refractivity contribution in [1.82, 2.24) is 5.32 Å². The molecule has 0 saturated heterocycles. The second-order valence-electron chi connectivity index (χ2n) is 3.56. The molecule has 3 N–H and O–H groups in total. The maximum absolute atomic E-state index is 10.7. The molecule has 0 bridgehead atoms. The molecule has 18 heavy (non-hydrogen) atoms. The third-order valence-electron chi connectivity index (χ3n) is 2.40. The summed E-state index contributed by atoms with van der Waals surface area (Å²) in [6.45, 7) is 0.559. The lowest BCUT2D eigenvalue weighted by Crippen LogP contribution is -2.28. The molecule has 0 fully saturated rings. The number of nitrogens with two attached hydrogens (primary N) is 1. The number of primary amides is 1. The predicted octanol–water partition coefficient (Wildman–Crippen LogP) is 0.287. The second kappa shape index (κ2) is 6.70. The van der Waals surface area contributed by atoms with Crippen LogP contribution in [0.25, 0.3) is 0 Å². The average Bonchev–Trinajstić information content (AvgIpc) is 2.37. The van der Waals surface area contributed by atoms with E-state index in [1.165, 1.54) is 0 Å². The molecular weight excluding hydrogens is 236 g/mol. The van der Waals surface area contributed by atoms with Gasteiger partial charge in [0.05, 0.1) is 27.9 Å². The van der Waals surface area contributed by atoms with Crippen LogP contribution in [0.4, 0.5) is 0 Å². The summed E-state index contributed by atoms with van der Waals surface area (Å²) in [5, 5.41) is 2.91. The van der Waals surface area contributed by atoms with Crippen LogP contribution >= 0.6 is 0 Å². The minimum absolute atomic E-state index is 0.109. The van der Waals surface area contributed by atoms with Crippen LogP contribution in [0.2, 0.25) is 0 Å². The third kappa shape index (κ3) is 3.27. The van der Waals surface area contributed by atoms with Crippen molar-refractivity contribution < 1.29 is 19.0 Å². The lowest BCUT2D eigenvalue weighted by molar-refractivity contribution is -0.117. The molecule has 0 unspecified atom stereocenters. The van der Waals surface area contributed by atoms with Crippen LogP contribution in [0.5, 0.6) is 17.2 Å². The summed E-state index contributed by atoms with van der Waals surface area (Å²) in [6.07, 6.45) is 0. The van der Waals surface area contributed by atoms with E-state index in [9.17, 15) is 4.79 Å². The fourth-order valence-corrected chi connectivity index (χ4v) is 1.62. The highest BCUT2D eigenvalue weighted by atomic mass is 16.5. The van der Waals surface area contributed by atoms with Crippen molar-refractivity contribution >= 4 is 5.91 Å². The smallest absolute Gasteiger partial charge is 0.231 e. The minimum atomic E-state index is -0.408. The number of amides is 1. The van der Waals surface area contributed by atoms with Crippen LogP contribution in [0.15, 0.2) is 12.1 Å². The zero-order valence-electron chi connectivity index (χ0n) is 10.8. The fraction of sp³-hybridized carbons (Fsp3) is 0.417. The van der Waals surface area contributed by atoms with Gasteiger partial charge in [0.1, 0.15) is 0 Å². The molecule has 0 aliphatic heterocycles. The Bertz CT molecular complexity index is 421. The monoisotopic (exact) mass is 254 g/mol. The standard InChI is InChI=1S/C12H18N2O4/c1-16-9-5-4-8(6-14-7-10(13)15)11(17-2)12(9)18-3/h4-5,14H,6-7H2,1-3H3,(H2,13,15). The lowest BCUT2D eigenvalue weighted by atomic mass is 10.1. The first-order valence-electron chi connectivity index (χ1n) is 5.40. The summed E-state index contributed by atoms with van der Waals surface area (Å²) < 4.78 is 15.7.